The molecule has 4 amide bonds. The Balaban J connectivity index is 0.000000176. The Kier molecular flexibility index (Phi) is 37.0. The summed E-state index contributed by atoms with van der Waals surface area (Å²) in [5.74, 6) is -6.56. The molecule has 10 heterocycles. The van der Waals surface area contributed by atoms with E-state index in [0.717, 1.165) is 34.4 Å². The second-order valence-corrected chi connectivity index (χ2v) is 40.5. The maximum atomic E-state index is 13.4. The summed E-state index contributed by atoms with van der Waals surface area (Å²) in [7, 11) is -5.75. The van der Waals surface area contributed by atoms with Gasteiger partial charge in [0.05, 0.1) is 66.6 Å². The predicted molar refractivity (Wildman–Crippen MR) is 506 cm³/mol. The van der Waals surface area contributed by atoms with Gasteiger partial charge in [0.2, 0.25) is 29.1 Å². The fourth-order valence-corrected chi connectivity index (χ4v) is 16.9. The van der Waals surface area contributed by atoms with Crippen LogP contribution in [-0.2, 0) is 56.0 Å². The van der Waals surface area contributed by atoms with Crippen LogP contribution in [0.25, 0.3) is 0 Å². The number of carbonyl (C=O) groups is 4. The predicted octanol–water partition coefficient (Wildman–Crippen LogP) is -0.751. The van der Waals surface area contributed by atoms with Gasteiger partial charge in [-0.2, -0.15) is 51.3 Å². The Labute approximate surface area is 857 Å². The number of aliphatic imine (C=N–C) groups is 5. The highest BCUT2D eigenvalue weighted by atomic mass is 79.9. The van der Waals surface area contributed by atoms with Gasteiger partial charge in [-0.1, -0.05) is 33.6 Å². The third-order valence-corrected chi connectivity index (χ3v) is 25.6. The molecule has 10 aromatic rings. The molecule has 15 rings (SSSR count). The molecule has 60 nitrogen and oxygen atoms in total. The van der Waals surface area contributed by atoms with E-state index < -0.39 is 123 Å². The van der Waals surface area contributed by atoms with E-state index in [1.54, 1.807) is 23.7 Å². The van der Waals surface area contributed by atoms with Crippen molar-refractivity contribution < 1.29 is 145 Å². The Bertz CT molecular complexity index is 6850. The maximum Gasteiger partial charge on any atom is 0.419 e. The summed E-state index contributed by atoms with van der Waals surface area (Å²) in [6.45, 7) is -1.35. The monoisotopic (exact) mass is 2360 g/mol. The molecule has 5 fully saturated rings. The second kappa shape index (κ2) is 47.8. The Morgan fingerprint density at radius 3 is 0.953 bits per heavy atom. The van der Waals surface area contributed by atoms with E-state index in [9.17, 15) is 122 Å². The van der Waals surface area contributed by atoms with Crippen molar-refractivity contribution in [3.05, 3.63) is 173 Å². The van der Waals surface area contributed by atoms with Gasteiger partial charge in [-0.3, -0.25) is 72.6 Å². The van der Waals surface area contributed by atoms with Gasteiger partial charge in [0.15, 0.2) is 57.6 Å². The summed E-state index contributed by atoms with van der Waals surface area (Å²) in [5.41, 5.74) is 8.33. The minimum Gasteiger partial charge on any atom is -0.385 e. The Morgan fingerprint density at radius 1 is 0.405 bits per heavy atom. The van der Waals surface area contributed by atoms with Gasteiger partial charge in [0, 0.05) is 118 Å². The SMILES string of the molecule is CN(C)C(=O)C(=O)N1CC(N)(CNc2nonc2C(=Nc2ccc(F)c(Br)c2)NO)C1.CN(C)C(=O)C(=O)N1CC(O)(CNc2nonc2C(=Nc2ccc(F)c(Br)c2)NO)C1.NS(=O)(=O)N1CC(O)(CNc2nonc2C(=Nc2ccc(F)c(C(F)(F)F)c2)NO)C1.NS(=O)(=O)N1CC(O)(CNc2nonc2C(=Nc2ccc(F)c(Cl)c2)NO)C1.NS(=O)(=O)N1CC(O)(CNc2nonc2C(=Nc2cccc(Br)c2)NO)C1. The Hall–Kier alpha value is -13.5. The van der Waals surface area contributed by atoms with Crippen LogP contribution < -0.4 is 75.1 Å². The van der Waals surface area contributed by atoms with E-state index in [2.05, 4.69) is 169 Å². The average Bonchev–Trinajstić information content (AvgIpc) is 1.66. The highest BCUT2D eigenvalue weighted by Gasteiger charge is 2.51. The second-order valence-electron chi connectivity index (χ2n) is 32.8. The zero-order valence-corrected chi connectivity index (χ0v) is 84.0. The van der Waals surface area contributed by atoms with Gasteiger partial charge in [0.25, 0.3) is 30.6 Å². The fourth-order valence-electron chi connectivity index (χ4n) is 13.1. The number of halogens is 11. The summed E-state index contributed by atoms with van der Waals surface area (Å²) < 4.78 is 186. The number of aromatic nitrogens is 10. The molecular weight excluding hydrogens is 2280 g/mol. The van der Waals surface area contributed by atoms with Crippen LogP contribution in [0.15, 0.2) is 159 Å². The van der Waals surface area contributed by atoms with Crippen LogP contribution in [0.4, 0.5) is 88.3 Å². The summed E-state index contributed by atoms with van der Waals surface area (Å²) >= 11 is 15.1. The first-order valence-corrected chi connectivity index (χ1v) is 48.5. The van der Waals surface area contributed by atoms with Gasteiger partial charge < -0.3 is 72.3 Å². The number of hydrogen-bond acceptors (Lipinski definition) is 45. The number of aliphatic hydroxyl groups is 4. The molecule has 27 N–H and O–H groups in total. The largest absolute Gasteiger partial charge is 0.419 e. The molecule has 0 saturated carbocycles. The minimum atomic E-state index is -4.96. The number of β-amino-alcohol motifs (C(OH)–C–C–N with tert-alkyl or cyclic N) is 4. The van der Waals surface area contributed by atoms with Gasteiger partial charge in [0.1, 0.15) is 45.7 Å². The van der Waals surface area contributed by atoms with Crippen molar-refractivity contribution in [2.45, 2.75) is 34.1 Å². The number of rotatable bonds is 28. The standard InChI is InChI=1S/C17H20BrFN8O4.C17H19BrFN7O5.C14H15F4N7O5S.C13H16BrN7O5S.C13H15ClFN7O5S/c1-26(2)15(28)16(29)27-7-17(20,8-27)6-21-13-12(24-31-25-13)14(23-30)22-9-3-4-11(19)10(18)5-9;1-25(2)15(27)16(28)26-7-17(29,8-26)6-20-13-12(23-31-24-13)14(22-30)21-9-3-4-11(19)10(18)5-9;15-9-2-1-7(3-8(9)14(16,17)18)21-12(22-27)10-11(24-30-23-10)20-4-13(26)5-25(6-13)31(19,28)29;14-8-2-1-3-9(4-8)17-12(18-23)10-11(20-26-19-10)16-5-13(22)6-21(7-13)27(15,24)25;14-8-3-7(1-2-9(8)15)18-12(19-24)10-11(21-27-20-10)17-4-13(23)5-22(6-13)28(16,25)26/h3-5,30H,6-8,20H2,1-2H3,(H,21,25)(H,22,23);3-5,29-30H,6-8H2,1-2H3,(H,20,24)(H,21,22);1-3,26-27H,4-6H2,(H,20,24)(H,21,22)(H2,19,28,29);1-4,22-23H,5-7H2,(H,16,20)(H,17,18)(H2,15,24,25);1-3,23-24H,4-6H2,(H,17,21)(H,18,19)(H2,16,25,26). The van der Waals surface area contributed by atoms with Crippen LogP contribution in [0.1, 0.15) is 34.0 Å². The zero-order chi connectivity index (χ0) is 109. The smallest absolute Gasteiger partial charge is 0.385 e. The quantitative estimate of drug-likeness (QED) is 0.00943. The van der Waals surface area contributed by atoms with Crippen LogP contribution in [0.5, 0.6) is 0 Å². The van der Waals surface area contributed by atoms with Crippen molar-refractivity contribution in [2.75, 3.05) is 153 Å². The molecule has 5 aromatic heterocycles. The van der Waals surface area contributed by atoms with Crippen LogP contribution in [0, 0.1) is 23.3 Å². The van der Waals surface area contributed by atoms with Gasteiger partial charge in [-0.15, -0.1) is 0 Å². The number of alkyl halides is 3. The van der Waals surface area contributed by atoms with Crippen molar-refractivity contribution in [1.29, 1.82) is 0 Å². The lowest BCUT2D eigenvalue weighted by molar-refractivity contribution is -0.163. The van der Waals surface area contributed by atoms with Crippen LogP contribution in [0.3, 0.4) is 0 Å². The van der Waals surface area contributed by atoms with Crippen molar-refractivity contribution >= 4 is 200 Å². The summed E-state index contributed by atoms with van der Waals surface area (Å²) in [4.78, 5) is 72.7. The molecule has 0 spiro atoms. The molecule has 5 saturated heterocycles. The summed E-state index contributed by atoms with van der Waals surface area (Å²) in [5, 5.41) is 153. The summed E-state index contributed by atoms with van der Waals surface area (Å²) in [6, 6.07) is 20.6. The number of benzene rings is 5. The highest BCUT2D eigenvalue weighted by Crippen LogP contribution is 2.37. The number of nitrogens with two attached hydrogens (primary N) is 4. The molecule has 5 aromatic carbocycles. The molecule has 148 heavy (non-hydrogen) atoms. The normalized spacial score (nSPS) is 16.5. The maximum absolute atomic E-state index is 13.4. The summed E-state index contributed by atoms with van der Waals surface area (Å²) in [6.07, 6.45) is -4.96. The van der Waals surface area contributed by atoms with E-state index in [1.165, 1.54) is 91.4 Å². The molecule has 0 unspecified atom stereocenters. The lowest BCUT2D eigenvalue weighted by atomic mass is 9.90. The molecule has 0 bridgehead atoms. The minimum absolute atomic E-state index is 0.00147. The average molecular weight is 2370 g/mol. The molecule has 74 heteroatoms. The number of carbonyl (C=O) groups excluding carboxylic acids is 4. The molecule has 800 valence electrons. The molecule has 0 radical (unpaired) electrons. The fraction of sp³-hybridized carbons (Fsp3) is 0.338. The van der Waals surface area contributed by atoms with E-state index in [0.29, 0.717) is 29.2 Å². The van der Waals surface area contributed by atoms with E-state index >= 15 is 0 Å². The van der Waals surface area contributed by atoms with Gasteiger partial charge in [-0.25, -0.2) is 81.1 Å². The number of amides is 4. The third kappa shape index (κ3) is 30.0. The van der Waals surface area contributed by atoms with Crippen LogP contribution in [0.2, 0.25) is 5.02 Å². The van der Waals surface area contributed by atoms with Crippen LogP contribution >= 0.6 is 59.4 Å². The number of hydroxylamine groups is 5. The molecule has 0 atom stereocenters. The lowest BCUT2D eigenvalue weighted by Gasteiger charge is -2.47. The lowest BCUT2D eigenvalue weighted by Crippen LogP contribution is -2.72. The van der Waals surface area contributed by atoms with Gasteiger partial charge >= 0.3 is 29.8 Å². The number of amidine groups is 5. The number of likely N-dealkylation sites (N-methyl/N-ethyl adjacent to an activating group) is 2. The molecule has 5 aliphatic rings. The number of hydrogen-bond donors (Lipinski definition) is 23. The molecule has 5 aliphatic heterocycles. The van der Waals surface area contributed by atoms with E-state index in [1.807, 2.05) is 28.0 Å². The third-order valence-electron chi connectivity index (χ3n) is 20.7. The first kappa shape index (κ1) is 115. The van der Waals surface area contributed by atoms with Crippen molar-refractivity contribution in [1.82, 2.24) is 111 Å². The van der Waals surface area contributed by atoms with E-state index in [4.69, 9.17) is 37.4 Å². The first-order chi connectivity index (χ1) is 69.4. The number of nitrogens with zero attached hydrogens (tertiary/aromatic N) is 22. The zero-order valence-electron chi connectivity index (χ0n) is 76.0. The molecule has 0 aliphatic carbocycles. The number of likely N-dealkylation sites (tertiary alicyclic amines) is 2. The number of anilines is 5. The van der Waals surface area contributed by atoms with Crippen molar-refractivity contribution in [3.8, 4) is 0 Å². The number of nitrogens with one attached hydrogen (secondary N) is 10. The van der Waals surface area contributed by atoms with Crippen molar-refractivity contribution in [3.63, 3.8) is 0 Å². The van der Waals surface area contributed by atoms with Crippen molar-refractivity contribution in [2.24, 2.45) is 46.1 Å². The molecular formula is C74H85Br3ClF7N36O24S3. The van der Waals surface area contributed by atoms with Gasteiger partial charge in [-0.05, 0) is 174 Å². The van der Waals surface area contributed by atoms with E-state index in [-0.39, 0.29) is 204 Å². The first-order valence-electron chi connectivity index (χ1n) is 41.2. The topological polar surface area (TPSA) is 856 Å². The van der Waals surface area contributed by atoms with Crippen LogP contribution in [-0.4, -0.2) is 363 Å². The Morgan fingerprint density at radius 2 is 0.676 bits per heavy atom. The highest BCUT2D eigenvalue weighted by molar-refractivity contribution is 9.11.